The van der Waals surface area contributed by atoms with Crippen LogP contribution < -0.4 is 10.2 Å². The van der Waals surface area contributed by atoms with Crippen molar-refractivity contribution in [3.8, 4) is 5.75 Å². The van der Waals surface area contributed by atoms with Crippen LogP contribution in [0.15, 0.2) is 54.6 Å². The molecular weight excluding hydrogens is 432 g/mol. The van der Waals surface area contributed by atoms with Crippen LogP contribution in [0.25, 0.3) is 6.08 Å². The van der Waals surface area contributed by atoms with Gasteiger partial charge in [0.2, 0.25) is 0 Å². The number of ether oxygens (including phenoxy) is 2. The number of hydrogen-bond acceptors (Lipinski definition) is 6. The summed E-state index contributed by atoms with van der Waals surface area (Å²) >= 11 is 0. The number of ketones is 1. The van der Waals surface area contributed by atoms with Gasteiger partial charge >= 0.3 is 0 Å². The zero-order valence-electron chi connectivity index (χ0n) is 19.2. The second-order valence-corrected chi connectivity index (χ2v) is 9.30. The average Bonchev–Trinajstić information content (AvgIpc) is 2.85. The number of nitrogens with one attached hydrogen (secondary N) is 1. The fourth-order valence-corrected chi connectivity index (χ4v) is 4.78. The predicted molar refractivity (Wildman–Crippen MR) is 127 cm³/mol. The van der Waals surface area contributed by atoms with Gasteiger partial charge in [-0.05, 0) is 48.6 Å². The standard InChI is InChI=1S/C27H30N2O5/c30-23-17-27(18-29(19-27)14-13-20-6-2-1-3-7-20)33-24-11-9-21(16-22(23)24)10-12-25(31)28-34-26-8-4-5-15-32-26/h1-3,6-7,9-12,16,26H,4-5,8,13-15,17-19H2,(H,28,31)/b12-10+. The summed E-state index contributed by atoms with van der Waals surface area (Å²) in [4.78, 5) is 32.6. The molecule has 0 saturated carbocycles. The average molecular weight is 463 g/mol. The molecule has 1 N–H and O–H groups in total. The van der Waals surface area contributed by atoms with Crippen molar-refractivity contribution in [2.45, 2.75) is 44.0 Å². The molecular formula is C27H30N2O5. The van der Waals surface area contributed by atoms with E-state index < -0.39 is 11.9 Å². The normalized spacial score (nSPS) is 21.6. The van der Waals surface area contributed by atoms with E-state index in [0.29, 0.717) is 24.3 Å². The van der Waals surface area contributed by atoms with E-state index in [2.05, 4.69) is 34.6 Å². The summed E-state index contributed by atoms with van der Waals surface area (Å²) in [5.41, 5.74) is 4.62. The van der Waals surface area contributed by atoms with Gasteiger partial charge in [-0.2, -0.15) is 0 Å². The van der Waals surface area contributed by atoms with Crippen molar-refractivity contribution in [2.75, 3.05) is 26.2 Å². The number of hydrogen-bond donors (Lipinski definition) is 1. The van der Waals surface area contributed by atoms with Crippen LogP contribution in [0, 0.1) is 0 Å². The van der Waals surface area contributed by atoms with E-state index in [4.69, 9.17) is 14.3 Å². The van der Waals surface area contributed by atoms with Gasteiger partial charge in [0, 0.05) is 38.7 Å². The zero-order chi connectivity index (χ0) is 23.4. The predicted octanol–water partition coefficient (Wildman–Crippen LogP) is 3.54. The third kappa shape index (κ3) is 5.38. The molecule has 1 atom stereocenters. The Morgan fingerprint density at radius 1 is 1.18 bits per heavy atom. The highest BCUT2D eigenvalue weighted by molar-refractivity contribution is 6.01. The minimum absolute atomic E-state index is 0.0847. The number of nitrogens with zero attached hydrogens (tertiary/aromatic N) is 1. The number of Topliss-reactive ketones (excluding diaryl/α,β-unsaturated/α-hetero) is 1. The Kier molecular flexibility index (Phi) is 6.76. The van der Waals surface area contributed by atoms with Crippen LogP contribution in [0.2, 0.25) is 0 Å². The van der Waals surface area contributed by atoms with E-state index in [1.807, 2.05) is 18.2 Å². The van der Waals surface area contributed by atoms with Crippen molar-refractivity contribution in [1.82, 2.24) is 10.4 Å². The first-order valence-electron chi connectivity index (χ1n) is 12.0. The molecule has 178 valence electrons. The number of fused-ring (bicyclic) bond motifs is 1. The Hall–Kier alpha value is -3.00. The largest absolute Gasteiger partial charge is 0.483 e. The molecule has 5 rings (SSSR count). The van der Waals surface area contributed by atoms with Crippen molar-refractivity contribution >= 4 is 17.8 Å². The Morgan fingerprint density at radius 2 is 2.03 bits per heavy atom. The first-order valence-corrected chi connectivity index (χ1v) is 12.0. The van der Waals surface area contributed by atoms with Gasteiger partial charge in [0.05, 0.1) is 12.0 Å². The number of carbonyl (C=O) groups is 2. The van der Waals surface area contributed by atoms with Gasteiger partial charge in [0.15, 0.2) is 12.1 Å². The van der Waals surface area contributed by atoms with Gasteiger partial charge in [-0.15, -0.1) is 0 Å². The maximum absolute atomic E-state index is 12.9. The number of carbonyl (C=O) groups excluding carboxylic acids is 2. The van der Waals surface area contributed by atoms with Crippen LogP contribution in [-0.2, 0) is 20.8 Å². The van der Waals surface area contributed by atoms with Crippen molar-refractivity contribution in [2.24, 2.45) is 0 Å². The Morgan fingerprint density at radius 3 is 2.82 bits per heavy atom. The molecule has 2 saturated heterocycles. The first kappa shape index (κ1) is 22.8. The van der Waals surface area contributed by atoms with E-state index in [9.17, 15) is 9.59 Å². The van der Waals surface area contributed by atoms with Crippen LogP contribution in [0.3, 0.4) is 0 Å². The lowest BCUT2D eigenvalue weighted by Gasteiger charge is -2.51. The molecule has 2 aromatic rings. The summed E-state index contributed by atoms with van der Waals surface area (Å²) < 4.78 is 11.7. The Labute approximate surface area is 199 Å². The van der Waals surface area contributed by atoms with E-state index >= 15 is 0 Å². The number of benzene rings is 2. The molecule has 1 spiro atoms. The van der Waals surface area contributed by atoms with Gasteiger partial charge in [-0.1, -0.05) is 36.4 Å². The molecule has 0 bridgehead atoms. The number of rotatable bonds is 7. The molecule has 34 heavy (non-hydrogen) atoms. The van der Waals surface area contributed by atoms with Gasteiger partial charge in [0.1, 0.15) is 11.4 Å². The SMILES string of the molecule is O=C(/C=C/c1ccc2c(c1)C(=O)CC1(CN(CCc3ccccc3)C1)O2)NOC1CCCCO1. The Balaban J connectivity index is 1.13. The fraction of sp³-hybridized carbons (Fsp3) is 0.407. The van der Waals surface area contributed by atoms with Crippen LogP contribution in [-0.4, -0.2) is 54.7 Å². The molecule has 2 aromatic carbocycles. The molecule has 0 radical (unpaired) electrons. The van der Waals surface area contributed by atoms with E-state index in [-0.39, 0.29) is 11.7 Å². The summed E-state index contributed by atoms with van der Waals surface area (Å²) in [6, 6.07) is 15.9. The maximum atomic E-state index is 12.9. The quantitative estimate of drug-likeness (QED) is 0.501. The molecule has 0 aromatic heterocycles. The molecule has 7 heteroatoms. The Bertz CT molecular complexity index is 1060. The molecule has 0 aliphatic carbocycles. The smallest absolute Gasteiger partial charge is 0.267 e. The topological polar surface area (TPSA) is 77.1 Å². The third-order valence-corrected chi connectivity index (χ3v) is 6.55. The first-order chi connectivity index (χ1) is 16.6. The monoisotopic (exact) mass is 462 g/mol. The summed E-state index contributed by atoms with van der Waals surface area (Å²) in [5.74, 6) is 0.332. The molecule has 3 aliphatic heterocycles. The van der Waals surface area contributed by atoms with E-state index in [1.165, 1.54) is 11.6 Å². The van der Waals surface area contributed by atoms with Crippen LogP contribution in [0.1, 0.15) is 47.2 Å². The van der Waals surface area contributed by atoms with Crippen molar-refractivity contribution in [3.63, 3.8) is 0 Å². The fourth-order valence-electron chi connectivity index (χ4n) is 4.78. The van der Waals surface area contributed by atoms with Crippen molar-refractivity contribution in [3.05, 3.63) is 71.3 Å². The molecule has 1 unspecified atom stereocenters. The van der Waals surface area contributed by atoms with Crippen molar-refractivity contribution in [1.29, 1.82) is 0 Å². The highest BCUT2D eigenvalue weighted by Crippen LogP contribution is 2.39. The summed E-state index contributed by atoms with van der Waals surface area (Å²) in [7, 11) is 0. The summed E-state index contributed by atoms with van der Waals surface area (Å²) in [6.45, 7) is 3.13. The number of amides is 1. The molecule has 3 aliphatic rings. The van der Waals surface area contributed by atoms with Crippen LogP contribution in [0.4, 0.5) is 0 Å². The molecule has 3 heterocycles. The third-order valence-electron chi connectivity index (χ3n) is 6.55. The molecule has 1 amide bonds. The highest BCUT2D eigenvalue weighted by atomic mass is 16.8. The maximum Gasteiger partial charge on any atom is 0.267 e. The van der Waals surface area contributed by atoms with E-state index in [1.54, 1.807) is 12.1 Å². The summed E-state index contributed by atoms with van der Waals surface area (Å²) in [6.07, 6.45) is 6.83. The summed E-state index contributed by atoms with van der Waals surface area (Å²) in [5, 5.41) is 0. The van der Waals surface area contributed by atoms with Gasteiger partial charge in [0.25, 0.3) is 5.91 Å². The van der Waals surface area contributed by atoms with Crippen LogP contribution >= 0.6 is 0 Å². The van der Waals surface area contributed by atoms with E-state index in [0.717, 1.165) is 50.9 Å². The second-order valence-electron chi connectivity index (χ2n) is 9.30. The lowest BCUT2D eigenvalue weighted by Crippen LogP contribution is -2.67. The number of likely N-dealkylation sites (tertiary alicyclic amines) is 1. The van der Waals surface area contributed by atoms with Crippen LogP contribution in [0.5, 0.6) is 5.75 Å². The molecule has 2 fully saturated rings. The zero-order valence-corrected chi connectivity index (χ0v) is 19.2. The van der Waals surface area contributed by atoms with Gasteiger partial charge in [-0.3, -0.25) is 14.5 Å². The number of hydroxylamine groups is 1. The van der Waals surface area contributed by atoms with Gasteiger partial charge in [-0.25, -0.2) is 10.3 Å². The minimum atomic E-state index is -0.420. The van der Waals surface area contributed by atoms with Crippen molar-refractivity contribution < 1.29 is 23.9 Å². The molecule has 7 nitrogen and oxygen atoms in total. The second kappa shape index (κ2) is 10.1. The lowest BCUT2D eigenvalue weighted by atomic mass is 9.83. The highest BCUT2D eigenvalue weighted by Gasteiger charge is 2.49. The minimum Gasteiger partial charge on any atom is -0.483 e. The van der Waals surface area contributed by atoms with Gasteiger partial charge < -0.3 is 9.47 Å². The lowest BCUT2D eigenvalue weighted by molar-refractivity contribution is -0.198.